The van der Waals surface area contributed by atoms with Gasteiger partial charge in [-0.05, 0) is 37.6 Å². The lowest BCUT2D eigenvalue weighted by molar-refractivity contribution is 0.0272. The monoisotopic (exact) mass is 442 g/mol. The summed E-state index contributed by atoms with van der Waals surface area (Å²) in [6.45, 7) is 5.45. The summed E-state index contributed by atoms with van der Waals surface area (Å²) in [5.41, 5.74) is 2.49. The van der Waals surface area contributed by atoms with Gasteiger partial charge >= 0.3 is 11.8 Å². The van der Waals surface area contributed by atoms with Crippen LogP contribution in [0.3, 0.4) is 0 Å². The number of carbonyl (C=O) groups excluding carboxylic acids is 1. The molecular formula is C21H22N4O5S. The van der Waals surface area contributed by atoms with Crippen LogP contribution in [0.25, 0.3) is 11.4 Å². The molecule has 1 amide bonds. The quantitative estimate of drug-likeness (QED) is 0.646. The van der Waals surface area contributed by atoms with Gasteiger partial charge in [-0.1, -0.05) is 35.0 Å². The van der Waals surface area contributed by atoms with Crippen molar-refractivity contribution in [1.82, 2.24) is 15.0 Å². The summed E-state index contributed by atoms with van der Waals surface area (Å²) in [6, 6.07) is 11.9. The third kappa shape index (κ3) is 4.59. The second-order valence-electron chi connectivity index (χ2n) is 7.28. The van der Waals surface area contributed by atoms with Crippen LogP contribution in [0.4, 0.5) is 5.69 Å². The van der Waals surface area contributed by atoms with Gasteiger partial charge in [0.05, 0.1) is 18.1 Å². The Morgan fingerprint density at radius 1 is 1.06 bits per heavy atom. The zero-order chi connectivity index (χ0) is 22.0. The van der Waals surface area contributed by atoms with Crippen molar-refractivity contribution in [2.24, 2.45) is 0 Å². The molecule has 1 aliphatic heterocycles. The zero-order valence-corrected chi connectivity index (χ0v) is 18.0. The molecule has 1 saturated heterocycles. The summed E-state index contributed by atoms with van der Waals surface area (Å²) >= 11 is 0. The van der Waals surface area contributed by atoms with Crippen molar-refractivity contribution >= 4 is 21.6 Å². The molecule has 2 heterocycles. The Bertz CT molecular complexity index is 1200. The third-order valence-electron chi connectivity index (χ3n) is 4.95. The van der Waals surface area contributed by atoms with Gasteiger partial charge in [-0.2, -0.15) is 4.98 Å². The molecule has 1 N–H and O–H groups in total. The normalized spacial score (nSPS) is 14.5. The molecule has 1 aromatic heterocycles. The number of rotatable bonds is 5. The van der Waals surface area contributed by atoms with Crippen molar-refractivity contribution in [3.63, 3.8) is 0 Å². The second kappa shape index (κ2) is 8.48. The van der Waals surface area contributed by atoms with Crippen molar-refractivity contribution in [2.75, 3.05) is 31.0 Å². The first-order valence-electron chi connectivity index (χ1n) is 9.75. The van der Waals surface area contributed by atoms with Gasteiger partial charge in [-0.3, -0.25) is 9.52 Å². The molecule has 162 valence electrons. The Balaban J connectivity index is 1.60. The molecule has 0 radical (unpaired) electrons. The summed E-state index contributed by atoms with van der Waals surface area (Å²) in [5, 5.41) is 3.87. The number of anilines is 1. The molecule has 0 atom stereocenters. The Kier molecular flexibility index (Phi) is 5.75. The molecule has 9 nitrogen and oxygen atoms in total. The summed E-state index contributed by atoms with van der Waals surface area (Å²) in [6.07, 6.45) is 0. The minimum Gasteiger partial charge on any atom is -0.378 e. The number of hydrogen-bond donors (Lipinski definition) is 1. The zero-order valence-electron chi connectivity index (χ0n) is 17.2. The molecular weight excluding hydrogens is 420 g/mol. The van der Waals surface area contributed by atoms with Crippen LogP contribution in [0.5, 0.6) is 0 Å². The Hall–Kier alpha value is -3.24. The number of nitrogens with zero attached hydrogens (tertiary/aromatic N) is 3. The fourth-order valence-corrected chi connectivity index (χ4v) is 4.52. The van der Waals surface area contributed by atoms with Gasteiger partial charge in [-0.15, -0.1) is 0 Å². The van der Waals surface area contributed by atoms with E-state index in [0.717, 1.165) is 5.56 Å². The van der Waals surface area contributed by atoms with Crippen LogP contribution in [0.2, 0.25) is 0 Å². The van der Waals surface area contributed by atoms with E-state index in [9.17, 15) is 13.2 Å². The molecule has 1 fully saturated rings. The molecule has 1 aliphatic rings. The molecule has 0 bridgehead atoms. The highest BCUT2D eigenvalue weighted by Crippen LogP contribution is 2.25. The SMILES string of the molecule is Cc1ccc(NS(=O)(=O)c2cc(-c3noc(C(=O)N4CCOCC4)n3)ccc2C)cc1. The summed E-state index contributed by atoms with van der Waals surface area (Å²) in [7, 11) is -3.84. The molecule has 3 aromatic rings. The molecule has 10 heteroatoms. The van der Waals surface area contributed by atoms with Crippen molar-refractivity contribution in [1.29, 1.82) is 0 Å². The van der Waals surface area contributed by atoms with Gasteiger partial charge in [-0.25, -0.2) is 8.42 Å². The van der Waals surface area contributed by atoms with Crippen molar-refractivity contribution in [3.05, 3.63) is 59.5 Å². The number of hydrogen-bond acceptors (Lipinski definition) is 7. The van der Waals surface area contributed by atoms with E-state index in [1.807, 2.05) is 19.1 Å². The van der Waals surface area contributed by atoms with E-state index in [1.165, 1.54) is 6.07 Å². The van der Waals surface area contributed by atoms with Crippen LogP contribution in [0, 0.1) is 13.8 Å². The highest BCUT2D eigenvalue weighted by molar-refractivity contribution is 7.92. The van der Waals surface area contributed by atoms with E-state index in [1.54, 1.807) is 36.1 Å². The highest BCUT2D eigenvalue weighted by atomic mass is 32.2. The average Bonchev–Trinajstić information content (AvgIpc) is 3.26. The van der Waals surface area contributed by atoms with Crippen molar-refractivity contribution in [3.8, 4) is 11.4 Å². The van der Waals surface area contributed by atoms with E-state index >= 15 is 0 Å². The van der Waals surface area contributed by atoms with Crippen LogP contribution < -0.4 is 4.72 Å². The van der Waals surface area contributed by atoms with Gasteiger partial charge in [0.2, 0.25) is 5.82 Å². The van der Waals surface area contributed by atoms with E-state index in [0.29, 0.717) is 43.1 Å². The minimum absolute atomic E-state index is 0.0939. The number of aromatic nitrogens is 2. The van der Waals surface area contributed by atoms with Crippen molar-refractivity contribution < 1.29 is 22.5 Å². The first-order valence-corrected chi connectivity index (χ1v) is 11.2. The number of morpholine rings is 1. The molecule has 4 rings (SSSR count). The average molecular weight is 442 g/mol. The van der Waals surface area contributed by atoms with Crippen LogP contribution in [-0.4, -0.2) is 55.7 Å². The van der Waals surface area contributed by atoms with E-state index in [2.05, 4.69) is 14.9 Å². The molecule has 2 aromatic carbocycles. The Morgan fingerprint density at radius 2 is 1.77 bits per heavy atom. The van der Waals surface area contributed by atoms with Gasteiger partial charge < -0.3 is 14.2 Å². The number of benzene rings is 2. The summed E-state index contributed by atoms with van der Waals surface area (Å²) < 4.78 is 38.9. The predicted molar refractivity (Wildman–Crippen MR) is 113 cm³/mol. The van der Waals surface area contributed by atoms with Gasteiger partial charge in [0.1, 0.15) is 0 Å². The smallest absolute Gasteiger partial charge is 0.316 e. The third-order valence-corrected chi connectivity index (χ3v) is 6.47. The topological polar surface area (TPSA) is 115 Å². The number of aryl methyl sites for hydroxylation is 2. The number of sulfonamides is 1. The number of carbonyl (C=O) groups is 1. The Morgan fingerprint density at radius 3 is 2.48 bits per heavy atom. The first kappa shape index (κ1) is 21.0. The molecule has 0 saturated carbocycles. The van der Waals surface area contributed by atoms with Crippen LogP contribution in [0.15, 0.2) is 51.9 Å². The first-order chi connectivity index (χ1) is 14.8. The lowest BCUT2D eigenvalue weighted by Crippen LogP contribution is -2.40. The minimum atomic E-state index is -3.84. The van der Waals surface area contributed by atoms with Crippen LogP contribution in [-0.2, 0) is 14.8 Å². The maximum atomic E-state index is 13.0. The summed E-state index contributed by atoms with van der Waals surface area (Å²) in [5.74, 6) is -0.369. The summed E-state index contributed by atoms with van der Waals surface area (Å²) in [4.78, 5) is 18.4. The fourth-order valence-electron chi connectivity index (χ4n) is 3.19. The maximum absolute atomic E-state index is 13.0. The Labute approximate surface area is 180 Å². The fraction of sp³-hybridized carbons (Fsp3) is 0.286. The molecule has 0 unspecified atom stereocenters. The van der Waals surface area contributed by atoms with E-state index in [-0.39, 0.29) is 22.5 Å². The lowest BCUT2D eigenvalue weighted by Gasteiger charge is -2.25. The maximum Gasteiger partial charge on any atom is 0.316 e. The van der Waals surface area contributed by atoms with Crippen molar-refractivity contribution in [2.45, 2.75) is 18.7 Å². The highest BCUT2D eigenvalue weighted by Gasteiger charge is 2.25. The number of ether oxygens (including phenoxy) is 1. The van der Waals surface area contributed by atoms with Gasteiger partial charge in [0, 0.05) is 24.3 Å². The largest absolute Gasteiger partial charge is 0.378 e. The molecule has 0 aliphatic carbocycles. The number of nitrogens with one attached hydrogen (secondary N) is 1. The second-order valence-corrected chi connectivity index (χ2v) is 8.93. The molecule has 0 spiro atoms. The van der Waals surface area contributed by atoms with Gasteiger partial charge in [0.25, 0.3) is 10.0 Å². The number of amides is 1. The predicted octanol–water partition coefficient (Wildman–Crippen LogP) is 2.63. The standard InChI is InChI=1S/C21H22N4O5S/c1-14-3-7-17(8-4-14)24-31(27,28)18-13-16(6-5-15(18)2)19-22-20(30-23-19)21(26)25-9-11-29-12-10-25/h3-8,13,24H,9-12H2,1-2H3. The van der Waals surface area contributed by atoms with Crippen LogP contribution in [0.1, 0.15) is 21.8 Å². The van der Waals surface area contributed by atoms with E-state index < -0.39 is 10.0 Å². The molecule has 31 heavy (non-hydrogen) atoms. The van der Waals surface area contributed by atoms with Crippen LogP contribution >= 0.6 is 0 Å². The lowest BCUT2D eigenvalue weighted by atomic mass is 10.1. The van der Waals surface area contributed by atoms with Gasteiger partial charge in [0.15, 0.2) is 0 Å². The van der Waals surface area contributed by atoms with E-state index in [4.69, 9.17) is 9.26 Å².